The molecule has 0 radical (unpaired) electrons. The lowest BCUT2D eigenvalue weighted by Crippen LogP contribution is -2.64. The van der Waals surface area contributed by atoms with E-state index in [4.69, 9.17) is 52.1 Å². The number of carbonyl (C=O) groups is 1. The first-order valence-electron chi connectivity index (χ1n) is 21.4. The summed E-state index contributed by atoms with van der Waals surface area (Å²) in [5.41, 5.74) is 2.16. The monoisotopic (exact) mass is 770 g/mol. The van der Waals surface area contributed by atoms with Crippen molar-refractivity contribution in [1.29, 1.82) is 0 Å². The Balaban J connectivity index is 0.887. The zero-order chi connectivity index (χ0) is 37.4. The fraction of sp³-hybridized carbons (Fsp3) is 0.881. The van der Waals surface area contributed by atoms with Crippen LogP contribution in [0.4, 0.5) is 0 Å². The average Bonchev–Trinajstić information content (AvgIpc) is 3.85. The Morgan fingerprint density at radius 1 is 0.636 bits per heavy atom. The highest BCUT2D eigenvalue weighted by molar-refractivity contribution is 5.70. The molecular weight excluding hydrogens is 712 g/mol. The summed E-state index contributed by atoms with van der Waals surface area (Å²) in [6, 6.07) is 0. The molecule has 12 rings (SSSR count). The summed E-state index contributed by atoms with van der Waals surface area (Å²) >= 11 is 0. The summed E-state index contributed by atoms with van der Waals surface area (Å²) in [4.78, 5) is 14.1. The summed E-state index contributed by atoms with van der Waals surface area (Å²) in [5, 5.41) is 11.3. The van der Waals surface area contributed by atoms with Crippen molar-refractivity contribution in [2.45, 2.75) is 213 Å². The maximum Gasteiger partial charge on any atom is 0.308 e. The number of ether oxygens (including phenoxy) is 11. The van der Waals surface area contributed by atoms with Crippen molar-refractivity contribution in [3.63, 3.8) is 0 Å². The molecule has 12 saturated heterocycles. The van der Waals surface area contributed by atoms with Crippen LogP contribution in [0.25, 0.3) is 0 Å². The van der Waals surface area contributed by atoms with E-state index in [-0.39, 0.29) is 97.5 Å². The number of carbonyl (C=O) groups excluding carboxylic acids is 1. The number of hydrogen-bond acceptors (Lipinski definition) is 13. The van der Waals surface area contributed by atoms with Crippen LogP contribution in [0.2, 0.25) is 0 Å². The van der Waals surface area contributed by atoms with Crippen LogP contribution in [0.5, 0.6) is 0 Å². The molecule has 12 aliphatic heterocycles. The van der Waals surface area contributed by atoms with Gasteiger partial charge in [0.15, 0.2) is 11.6 Å². The third kappa shape index (κ3) is 6.16. The fourth-order valence-electron chi connectivity index (χ4n) is 12.3. The molecule has 1 N–H and O–H groups in total. The van der Waals surface area contributed by atoms with Gasteiger partial charge in [0, 0.05) is 38.0 Å². The van der Waals surface area contributed by atoms with Gasteiger partial charge in [-0.3, -0.25) is 4.79 Å². The molecule has 0 aliphatic carbocycles. The topological polar surface area (TPSA) is 139 Å². The number of esters is 1. The van der Waals surface area contributed by atoms with Gasteiger partial charge in [-0.2, -0.15) is 0 Å². The zero-order valence-electron chi connectivity index (χ0n) is 32.1. The van der Waals surface area contributed by atoms with E-state index in [1.54, 1.807) is 0 Å². The van der Waals surface area contributed by atoms with Crippen molar-refractivity contribution in [2.75, 3.05) is 6.61 Å². The first-order chi connectivity index (χ1) is 26.5. The molecule has 12 bridgehead atoms. The molecule has 304 valence electrons. The summed E-state index contributed by atoms with van der Waals surface area (Å²) in [5.74, 6) is -2.49. The van der Waals surface area contributed by atoms with Gasteiger partial charge >= 0.3 is 5.97 Å². The zero-order valence-corrected chi connectivity index (χ0v) is 32.1. The second-order valence-corrected chi connectivity index (χ2v) is 18.8. The highest BCUT2D eigenvalue weighted by Crippen LogP contribution is 2.54. The summed E-state index contributed by atoms with van der Waals surface area (Å²) in [7, 11) is 0. The van der Waals surface area contributed by atoms with E-state index < -0.39 is 42.1 Å². The molecular formula is C42H58O13. The molecule has 0 aromatic rings. The van der Waals surface area contributed by atoms with E-state index >= 15 is 0 Å². The Bertz CT molecular complexity index is 1560. The molecule has 13 nitrogen and oxygen atoms in total. The smallest absolute Gasteiger partial charge is 0.308 e. The molecule has 55 heavy (non-hydrogen) atoms. The Morgan fingerprint density at radius 3 is 2.29 bits per heavy atom. The minimum Gasteiger partial charge on any atom is -0.459 e. The molecule has 0 aromatic carbocycles. The van der Waals surface area contributed by atoms with Crippen LogP contribution < -0.4 is 0 Å². The standard InChI is InChI=1S/C42H58O13/c1-19-13-23-5-7-26-20(2)14-25(46-26)9-11-41-17-30-37(54-41)38-39(51-30)40(55-41)36-27(50-38)8-6-24(48-36)15-33(43)53-34-22(4)35-31(18-42(44)32(52-35)10-12-45-42)49-29(34)16-28(47-23)21(19)3/h19,22-32,34-40,44H,2-3,5-18H2,1,4H3/t19-,22-,23+,24-,25+,26+,27+,28-,29+,30+,31+,32-,34-,35+,36+,37+,38+,39-,40+,41+,42?/m1/s1. The van der Waals surface area contributed by atoms with Gasteiger partial charge in [0.05, 0.1) is 74.1 Å². The van der Waals surface area contributed by atoms with E-state index in [1.165, 1.54) is 0 Å². The molecule has 13 heteroatoms. The molecule has 12 fully saturated rings. The van der Waals surface area contributed by atoms with Crippen LogP contribution in [0.3, 0.4) is 0 Å². The van der Waals surface area contributed by atoms with E-state index in [0.29, 0.717) is 45.1 Å². The Kier molecular flexibility index (Phi) is 8.99. The van der Waals surface area contributed by atoms with E-state index in [2.05, 4.69) is 27.0 Å². The van der Waals surface area contributed by atoms with Crippen LogP contribution in [-0.4, -0.2) is 133 Å². The highest BCUT2D eigenvalue weighted by atomic mass is 16.8. The third-order valence-electron chi connectivity index (χ3n) is 15.2. The Hall–Kier alpha value is -1.49. The molecule has 1 unspecified atom stereocenters. The number of fused-ring (bicyclic) bond motifs is 8. The van der Waals surface area contributed by atoms with Crippen LogP contribution >= 0.6 is 0 Å². The maximum atomic E-state index is 14.1. The van der Waals surface area contributed by atoms with E-state index in [9.17, 15) is 9.90 Å². The van der Waals surface area contributed by atoms with Crippen molar-refractivity contribution in [3.05, 3.63) is 24.3 Å². The second-order valence-electron chi connectivity index (χ2n) is 18.8. The third-order valence-corrected chi connectivity index (χ3v) is 15.2. The lowest BCUT2D eigenvalue weighted by Gasteiger charge is -2.52. The second kappa shape index (κ2) is 13.5. The first kappa shape index (κ1) is 36.6. The number of aliphatic hydroxyl groups is 1. The van der Waals surface area contributed by atoms with Crippen LogP contribution in [0.1, 0.15) is 97.3 Å². The summed E-state index contributed by atoms with van der Waals surface area (Å²) < 4.78 is 72.9. The van der Waals surface area contributed by atoms with Crippen LogP contribution in [0.15, 0.2) is 24.3 Å². The van der Waals surface area contributed by atoms with Crippen molar-refractivity contribution in [3.8, 4) is 0 Å². The van der Waals surface area contributed by atoms with Gasteiger partial charge in [0.2, 0.25) is 0 Å². The minimum atomic E-state index is -1.39. The largest absolute Gasteiger partial charge is 0.459 e. The minimum absolute atomic E-state index is 0.00956. The molecule has 12 heterocycles. The van der Waals surface area contributed by atoms with Crippen molar-refractivity contribution < 1.29 is 62.0 Å². The highest BCUT2D eigenvalue weighted by Gasteiger charge is 2.69. The van der Waals surface area contributed by atoms with Crippen LogP contribution in [-0.2, 0) is 56.9 Å². The normalized spacial score (nSPS) is 57.3. The van der Waals surface area contributed by atoms with Gasteiger partial charge in [0.1, 0.15) is 42.7 Å². The van der Waals surface area contributed by atoms with Crippen LogP contribution in [0, 0.1) is 11.8 Å². The lowest BCUT2D eigenvalue weighted by molar-refractivity contribution is -0.329. The van der Waals surface area contributed by atoms with Gasteiger partial charge in [-0.25, -0.2) is 0 Å². The predicted octanol–water partition coefficient (Wildman–Crippen LogP) is 3.95. The molecule has 0 aromatic heterocycles. The number of rotatable bonds is 0. The summed E-state index contributed by atoms with van der Waals surface area (Å²) in [6.45, 7) is 13.6. The Morgan fingerprint density at radius 2 is 1.40 bits per heavy atom. The van der Waals surface area contributed by atoms with Crippen molar-refractivity contribution in [1.82, 2.24) is 0 Å². The van der Waals surface area contributed by atoms with Gasteiger partial charge in [-0.1, -0.05) is 27.0 Å². The predicted molar refractivity (Wildman–Crippen MR) is 191 cm³/mol. The van der Waals surface area contributed by atoms with Crippen molar-refractivity contribution in [2.24, 2.45) is 11.8 Å². The lowest BCUT2D eigenvalue weighted by atomic mass is 9.79. The van der Waals surface area contributed by atoms with Gasteiger partial charge < -0.3 is 57.2 Å². The maximum absolute atomic E-state index is 14.1. The average molecular weight is 771 g/mol. The van der Waals surface area contributed by atoms with Gasteiger partial charge in [-0.05, 0) is 62.0 Å². The molecule has 21 atom stereocenters. The molecule has 1 spiro atoms. The summed E-state index contributed by atoms with van der Waals surface area (Å²) in [6.07, 6.45) is 3.67. The molecule has 0 amide bonds. The van der Waals surface area contributed by atoms with E-state index in [0.717, 1.165) is 49.7 Å². The quantitative estimate of drug-likeness (QED) is 0.281. The van der Waals surface area contributed by atoms with Crippen molar-refractivity contribution >= 4 is 5.97 Å². The Labute approximate surface area is 322 Å². The fourth-order valence-corrected chi connectivity index (χ4v) is 12.3. The SMILES string of the molecule is C=C1C[C@@H]2CC[C@@]34C[C@@H]5O[C@@H]6[C@@H](O[C@H]7CC[C@H](CC(=O)O[C@@H]8[C@@H](C)[C@@H]9O[C@@H]%10CCOC%10(O)C[C@@H]9O[C@H]8C[C@H]8O[C@@H](CC[C@@H]1O2)C[C@@H](C)C8=C)O[C@@H]7[C@@H]6O3)[C@H]5O4. The first-order valence-corrected chi connectivity index (χ1v) is 21.4. The van der Waals surface area contributed by atoms with E-state index in [1.807, 2.05) is 0 Å². The van der Waals surface area contributed by atoms with Gasteiger partial charge in [-0.15, -0.1) is 0 Å². The molecule has 0 saturated carbocycles. The number of hydrogen-bond donors (Lipinski definition) is 1. The van der Waals surface area contributed by atoms with Gasteiger partial charge in [0.25, 0.3) is 0 Å². The molecule has 12 aliphatic rings.